The van der Waals surface area contributed by atoms with Crippen LogP contribution in [0.3, 0.4) is 0 Å². The van der Waals surface area contributed by atoms with Crippen LogP contribution in [0.5, 0.6) is 0 Å². The van der Waals surface area contributed by atoms with Crippen LogP contribution in [0.15, 0.2) is 65.1 Å². The molecule has 29 heavy (non-hydrogen) atoms. The number of rotatable bonds is 7. The van der Waals surface area contributed by atoms with Gasteiger partial charge < -0.3 is 14.6 Å². The van der Waals surface area contributed by atoms with E-state index in [1.165, 1.54) is 18.2 Å². The summed E-state index contributed by atoms with van der Waals surface area (Å²) in [5.74, 6) is 0.137. The van der Waals surface area contributed by atoms with Gasteiger partial charge in [0.2, 0.25) is 0 Å². The Morgan fingerprint density at radius 2 is 1.90 bits per heavy atom. The molecule has 1 heterocycles. The van der Waals surface area contributed by atoms with Crippen LogP contribution in [0.4, 0.5) is 5.69 Å². The maximum absolute atomic E-state index is 12.7. The number of nitro groups is 1. The molecule has 2 aromatic carbocycles. The van der Waals surface area contributed by atoms with Crippen LogP contribution >= 0.6 is 11.6 Å². The van der Waals surface area contributed by atoms with Crippen molar-refractivity contribution in [2.45, 2.75) is 6.04 Å². The SMILES string of the molecule is CN(C)C[C@@H](NC(=O)c1ccc(-c2ccc([N+](=O)[O-])cc2Cl)o1)c1ccccc1. The van der Waals surface area contributed by atoms with Crippen LogP contribution < -0.4 is 5.32 Å². The summed E-state index contributed by atoms with van der Waals surface area (Å²) in [5, 5.41) is 14.0. The van der Waals surface area contributed by atoms with E-state index in [2.05, 4.69) is 5.32 Å². The van der Waals surface area contributed by atoms with Crippen molar-refractivity contribution in [2.24, 2.45) is 0 Å². The highest BCUT2D eigenvalue weighted by molar-refractivity contribution is 6.33. The lowest BCUT2D eigenvalue weighted by Gasteiger charge is -2.22. The third-order valence-corrected chi connectivity index (χ3v) is 4.63. The van der Waals surface area contributed by atoms with Crippen molar-refractivity contribution >= 4 is 23.2 Å². The summed E-state index contributed by atoms with van der Waals surface area (Å²) < 4.78 is 5.67. The van der Waals surface area contributed by atoms with Crippen molar-refractivity contribution < 1.29 is 14.1 Å². The lowest BCUT2D eigenvalue weighted by molar-refractivity contribution is -0.384. The highest BCUT2D eigenvalue weighted by Gasteiger charge is 2.20. The second-order valence-corrected chi connectivity index (χ2v) is 7.19. The summed E-state index contributed by atoms with van der Waals surface area (Å²) in [7, 11) is 3.87. The zero-order chi connectivity index (χ0) is 21.0. The summed E-state index contributed by atoms with van der Waals surface area (Å²) in [4.78, 5) is 25.1. The fraction of sp³-hybridized carbons (Fsp3) is 0.190. The number of nitro benzene ring substituents is 1. The molecule has 1 N–H and O–H groups in total. The smallest absolute Gasteiger partial charge is 0.287 e. The Labute approximate surface area is 173 Å². The number of likely N-dealkylation sites (N-methyl/N-ethyl adjacent to an activating group) is 1. The zero-order valence-corrected chi connectivity index (χ0v) is 16.7. The van der Waals surface area contributed by atoms with E-state index in [0.717, 1.165) is 5.56 Å². The van der Waals surface area contributed by atoms with Gasteiger partial charge in [0.1, 0.15) is 5.76 Å². The van der Waals surface area contributed by atoms with Gasteiger partial charge >= 0.3 is 0 Å². The fourth-order valence-electron chi connectivity index (χ4n) is 2.94. The van der Waals surface area contributed by atoms with Crippen molar-refractivity contribution in [3.63, 3.8) is 0 Å². The van der Waals surface area contributed by atoms with E-state index in [-0.39, 0.29) is 28.4 Å². The van der Waals surface area contributed by atoms with Crippen molar-refractivity contribution in [1.82, 2.24) is 10.2 Å². The Bertz CT molecular complexity index is 1020. The van der Waals surface area contributed by atoms with E-state index in [0.29, 0.717) is 17.9 Å². The number of hydrogen-bond donors (Lipinski definition) is 1. The van der Waals surface area contributed by atoms with Gasteiger partial charge in [0.25, 0.3) is 11.6 Å². The van der Waals surface area contributed by atoms with Gasteiger partial charge in [-0.15, -0.1) is 0 Å². The minimum absolute atomic E-state index is 0.113. The summed E-state index contributed by atoms with van der Waals surface area (Å²) in [6.07, 6.45) is 0. The van der Waals surface area contributed by atoms with Gasteiger partial charge in [-0.1, -0.05) is 41.9 Å². The van der Waals surface area contributed by atoms with Crippen molar-refractivity contribution in [2.75, 3.05) is 20.6 Å². The van der Waals surface area contributed by atoms with Crippen LogP contribution in [-0.4, -0.2) is 36.4 Å². The molecule has 0 unspecified atom stereocenters. The largest absolute Gasteiger partial charge is 0.451 e. The minimum Gasteiger partial charge on any atom is -0.451 e. The number of halogens is 1. The van der Waals surface area contributed by atoms with Crippen LogP contribution in [0.1, 0.15) is 22.2 Å². The summed E-state index contributed by atoms with van der Waals surface area (Å²) in [5.41, 5.74) is 1.35. The summed E-state index contributed by atoms with van der Waals surface area (Å²) in [6.45, 7) is 0.623. The normalized spacial score (nSPS) is 12.0. The first kappa shape index (κ1) is 20.6. The van der Waals surface area contributed by atoms with E-state index < -0.39 is 4.92 Å². The quantitative estimate of drug-likeness (QED) is 0.453. The monoisotopic (exact) mass is 413 g/mol. The number of amides is 1. The molecule has 1 atom stereocenters. The van der Waals surface area contributed by atoms with Gasteiger partial charge in [0.15, 0.2) is 5.76 Å². The number of carbonyl (C=O) groups is 1. The third kappa shape index (κ3) is 5.01. The highest BCUT2D eigenvalue weighted by atomic mass is 35.5. The van der Waals surface area contributed by atoms with Crippen LogP contribution in [0.25, 0.3) is 11.3 Å². The zero-order valence-electron chi connectivity index (χ0n) is 16.0. The predicted octanol–water partition coefficient (Wildman–Crippen LogP) is 4.54. The standard InChI is InChI=1S/C21H20ClN3O4/c1-24(2)13-18(14-6-4-3-5-7-14)23-21(26)20-11-10-19(29-20)16-9-8-15(25(27)28)12-17(16)22/h3-12,18H,13H2,1-2H3,(H,23,26)/t18-/m1/s1. The maximum atomic E-state index is 12.7. The molecule has 0 spiro atoms. The molecule has 3 aromatic rings. The van der Waals surface area contributed by atoms with E-state index in [4.69, 9.17) is 16.0 Å². The van der Waals surface area contributed by atoms with E-state index in [1.54, 1.807) is 12.1 Å². The lowest BCUT2D eigenvalue weighted by Crippen LogP contribution is -2.35. The first-order chi connectivity index (χ1) is 13.8. The molecular formula is C21H20ClN3O4. The molecule has 150 valence electrons. The van der Waals surface area contributed by atoms with E-state index >= 15 is 0 Å². The van der Waals surface area contributed by atoms with Crippen LogP contribution in [0, 0.1) is 10.1 Å². The third-order valence-electron chi connectivity index (χ3n) is 4.31. The molecule has 0 aliphatic rings. The van der Waals surface area contributed by atoms with Gasteiger partial charge in [-0.2, -0.15) is 0 Å². The van der Waals surface area contributed by atoms with Crippen molar-refractivity contribution in [3.05, 3.63) is 87.1 Å². The molecule has 0 saturated carbocycles. The number of hydrogen-bond acceptors (Lipinski definition) is 5. The number of carbonyl (C=O) groups excluding carboxylic acids is 1. The molecule has 8 heteroatoms. The molecule has 0 radical (unpaired) electrons. The molecule has 0 aliphatic heterocycles. The molecule has 7 nitrogen and oxygen atoms in total. The van der Waals surface area contributed by atoms with E-state index in [9.17, 15) is 14.9 Å². The molecule has 0 saturated heterocycles. The van der Waals surface area contributed by atoms with Gasteiger partial charge in [0, 0.05) is 24.2 Å². The fourth-order valence-corrected chi connectivity index (χ4v) is 3.20. The van der Waals surface area contributed by atoms with Crippen LogP contribution in [-0.2, 0) is 0 Å². The second kappa shape index (κ2) is 8.89. The van der Waals surface area contributed by atoms with E-state index in [1.807, 2.05) is 49.3 Å². The average molecular weight is 414 g/mol. The topological polar surface area (TPSA) is 88.6 Å². The van der Waals surface area contributed by atoms with Crippen molar-refractivity contribution in [1.29, 1.82) is 0 Å². The molecule has 0 bridgehead atoms. The van der Waals surface area contributed by atoms with Crippen molar-refractivity contribution in [3.8, 4) is 11.3 Å². The Morgan fingerprint density at radius 1 is 1.17 bits per heavy atom. The first-order valence-corrected chi connectivity index (χ1v) is 9.27. The highest BCUT2D eigenvalue weighted by Crippen LogP contribution is 2.32. The average Bonchev–Trinajstić information content (AvgIpc) is 3.17. The van der Waals surface area contributed by atoms with Gasteiger partial charge in [-0.25, -0.2) is 0 Å². The summed E-state index contributed by atoms with van der Waals surface area (Å²) in [6, 6.07) is 16.7. The number of nitrogens with zero attached hydrogens (tertiary/aromatic N) is 2. The molecule has 0 aliphatic carbocycles. The van der Waals surface area contributed by atoms with Gasteiger partial charge in [0.05, 0.1) is 16.0 Å². The number of benzene rings is 2. The van der Waals surface area contributed by atoms with Gasteiger partial charge in [-0.3, -0.25) is 14.9 Å². The number of non-ortho nitro benzene ring substituents is 1. The molecule has 0 fully saturated rings. The Kier molecular flexibility index (Phi) is 6.31. The Morgan fingerprint density at radius 3 is 2.52 bits per heavy atom. The minimum atomic E-state index is -0.523. The molecule has 1 aromatic heterocycles. The lowest BCUT2D eigenvalue weighted by atomic mass is 10.1. The summed E-state index contributed by atoms with van der Waals surface area (Å²) >= 11 is 6.15. The maximum Gasteiger partial charge on any atom is 0.287 e. The number of nitrogens with one attached hydrogen (secondary N) is 1. The predicted molar refractivity (Wildman–Crippen MR) is 111 cm³/mol. The second-order valence-electron chi connectivity index (χ2n) is 6.78. The molecule has 1 amide bonds. The van der Waals surface area contributed by atoms with Gasteiger partial charge in [-0.05, 0) is 37.9 Å². The molecule has 3 rings (SSSR count). The molecular weight excluding hydrogens is 394 g/mol. The number of furan rings is 1. The first-order valence-electron chi connectivity index (χ1n) is 8.90. The van der Waals surface area contributed by atoms with Crippen LogP contribution in [0.2, 0.25) is 5.02 Å². The Balaban J connectivity index is 1.80. The Hall–Kier alpha value is -3.16.